The van der Waals surface area contributed by atoms with Crippen LogP contribution in [0.4, 0.5) is 8.78 Å². The minimum atomic E-state index is -0.998. The molecule has 1 heterocycles. The number of aliphatic hydroxyl groups is 1. The van der Waals surface area contributed by atoms with E-state index < -0.39 is 11.6 Å². The van der Waals surface area contributed by atoms with Gasteiger partial charge < -0.3 is 14.4 Å². The first kappa shape index (κ1) is 15.2. The molecular formula is C17H13F2NO3. The van der Waals surface area contributed by atoms with Crippen LogP contribution in [-0.2, 0) is 6.61 Å². The first-order chi connectivity index (χ1) is 11.2. The third-order valence-corrected chi connectivity index (χ3v) is 3.49. The van der Waals surface area contributed by atoms with Gasteiger partial charge in [-0.05, 0) is 30.3 Å². The lowest BCUT2D eigenvalue weighted by Crippen LogP contribution is -1.93. The molecule has 2 aromatic carbocycles. The second-order valence-corrected chi connectivity index (χ2v) is 4.83. The van der Waals surface area contributed by atoms with E-state index >= 15 is 0 Å². The lowest BCUT2D eigenvalue weighted by Gasteiger charge is -2.06. The van der Waals surface area contributed by atoms with Crippen LogP contribution in [0.5, 0.6) is 5.75 Å². The van der Waals surface area contributed by atoms with Gasteiger partial charge in [0.15, 0.2) is 17.4 Å². The maximum atomic E-state index is 13.4. The molecular weight excluding hydrogens is 304 g/mol. The van der Waals surface area contributed by atoms with E-state index in [1.54, 1.807) is 24.3 Å². The molecule has 0 saturated heterocycles. The molecule has 118 valence electrons. The highest BCUT2D eigenvalue weighted by molar-refractivity contribution is 5.76. The van der Waals surface area contributed by atoms with Crippen molar-refractivity contribution in [1.29, 1.82) is 0 Å². The summed E-state index contributed by atoms with van der Waals surface area (Å²) in [5, 5.41) is 13.7. The Balaban J connectivity index is 2.15. The average molecular weight is 317 g/mol. The summed E-state index contributed by atoms with van der Waals surface area (Å²) in [6.07, 6.45) is 0. The van der Waals surface area contributed by atoms with Gasteiger partial charge in [0.1, 0.15) is 11.4 Å². The summed E-state index contributed by atoms with van der Waals surface area (Å²) >= 11 is 0. The second kappa shape index (κ2) is 6.18. The summed E-state index contributed by atoms with van der Waals surface area (Å²) in [4.78, 5) is 0. The van der Waals surface area contributed by atoms with Crippen molar-refractivity contribution in [1.82, 2.24) is 5.16 Å². The smallest absolute Gasteiger partial charge is 0.173 e. The third kappa shape index (κ3) is 2.68. The molecule has 6 heteroatoms. The van der Waals surface area contributed by atoms with Crippen molar-refractivity contribution >= 4 is 0 Å². The second-order valence-electron chi connectivity index (χ2n) is 4.83. The Morgan fingerprint density at radius 3 is 2.61 bits per heavy atom. The van der Waals surface area contributed by atoms with Crippen molar-refractivity contribution in [3.05, 3.63) is 59.7 Å². The monoisotopic (exact) mass is 317 g/mol. The van der Waals surface area contributed by atoms with Crippen molar-refractivity contribution in [3.63, 3.8) is 0 Å². The first-order valence-electron chi connectivity index (χ1n) is 6.84. The molecule has 0 bridgehead atoms. The summed E-state index contributed by atoms with van der Waals surface area (Å²) < 4.78 is 37.1. The van der Waals surface area contributed by atoms with Crippen LogP contribution in [0.3, 0.4) is 0 Å². The summed E-state index contributed by atoms with van der Waals surface area (Å²) in [5.41, 5.74) is 1.70. The number of aliphatic hydroxyl groups excluding tert-OH is 1. The molecule has 0 radical (unpaired) electrons. The van der Waals surface area contributed by atoms with E-state index in [4.69, 9.17) is 9.26 Å². The zero-order valence-electron chi connectivity index (χ0n) is 12.2. The van der Waals surface area contributed by atoms with Gasteiger partial charge >= 0.3 is 0 Å². The summed E-state index contributed by atoms with van der Waals surface area (Å²) in [5.74, 6) is -1.20. The molecule has 0 fully saturated rings. The summed E-state index contributed by atoms with van der Waals surface area (Å²) in [7, 11) is 1.52. The highest BCUT2D eigenvalue weighted by atomic mass is 19.2. The van der Waals surface area contributed by atoms with Gasteiger partial charge in [-0.3, -0.25) is 0 Å². The predicted molar refractivity (Wildman–Crippen MR) is 79.8 cm³/mol. The molecule has 0 spiro atoms. The average Bonchev–Trinajstić information content (AvgIpc) is 3.01. The molecule has 0 aliphatic heterocycles. The fourth-order valence-corrected chi connectivity index (χ4v) is 2.37. The quantitative estimate of drug-likeness (QED) is 0.795. The van der Waals surface area contributed by atoms with Crippen LogP contribution in [0.15, 0.2) is 47.0 Å². The number of halogens is 2. The minimum absolute atomic E-state index is 0.187. The van der Waals surface area contributed by atoms with Crippen molar-refractivity contribution in [3.8, 4) is 28.3 Å². The van der Waals surface area contributed by atoms with Gasteiger partial charge in [0.2, 0.25) is 0 Å². The SMILES string of the molecule is COc1ccccc1-c1noc(-c2ccc(F)c(F)c2)c1CO. The van der Waals surface area contributed by atoms with Gasteiger partial charge in [0, 0.05) is 11.1 Å². The maximum Gasteiger partial charge on any atom is 0.173 e. The Morgan fingerprint density at radius 1 is 1.13 bits per heavy atom. The van der Waals surface area contributed by atoms with Crippen molar-refractivity contribution < 1.29 is 23.1 Å². The Morgan fingerprint density at radius 2 is 1.91 bits per heavy atom. The van der Waals surface area contributed by atoms with Gasteiger partial charge in [0.05, 0.1) is 19.3 Å². The number of hydrogen-bond acceptors (Lipinski definition) is 4. The van der Waals surface area contributed by atoms with Gasteiger partial charge in [-0.2, -0.15) is 0 Å². The molecule has 23 heavy (non-hydrogen) atoms. The van der Waals surface area contributed by atoms with E-state index in [1.165, 1.54) is 13.2 Å². The van der Waals surface area contributed by atoms with Crippen molar-refractivity contribution in [2.45, 2.75) is 6.61 Å². The number of methoxy groups -OCH3 is 1. The predicted octanol–water partition coefficient (Wildman–Crippen LogP) is 3.79. The number of rotatable bonds is 4. The van der Waals surface area contributed by atoms with E-state index in [0.717, 1.165) is 12.1 Å². The number of para-hydroxylation sites is 1. The molecule has 0 amide bonds. The number of nitrogens with zero attached hydrogens (tertiary/aromatic N) is 1. The zero-order chi connectivity index (χ0) is 16.4. The zero-order valence-corrected chi connectivity index (χ0v) is 12.2. The van der Waals surface area contributed by atoms with E-state index in [9.17, 15) is 13.9 Å². The van der Waals surface area contributed by atoms with E-state index in [1.807, 2.05) is 0 Å². The van der Waals surface area contributed by atoms with Gasteiger partial charge in [0.25, 0.3) is 0 Å². The van der Waals surface area contributed by atoms with Crippen LogP contribution in [0, 0.1) is 11.6 Å². The molecule has 1 aromatic heterocycles. The Kier molecular flexibility index (Phi) is 4.08. The molecule has 0 aliphatic rings. The summed E-state index contributed by atoms with van der Waals surface area (Å²) in [6.45, 7) is -0.370. The van der Waals surface area contributed by atoms with E-state index in [2.05, 4.69) is 5.16 Å². The third-order valence-electron chi connectivity index (χ3n) is 3.49. The highest BCUT2D eigenvalue weighted by Crippen LogP contribution is 2.36. The Labute approximate surface area is 130 Å². The number of benzene rings is 2. The lowest BCUT2D eigenvalue weighted by molar-refractivity contribution is 0.281. The van der Waals surface area contributed by atoms with Gasteiger partial charge in [-0.25, -0.2) is 8.78 Å². The topological polar surface area (TPSA) is 55.5 Å². The molecule has 0 saturated carbocycles. The highest BCUT2D eigenvalue weighted by Gasteiger charge is 2.21. The standard InChI is InChI=1S/C17H13F2NO3/c1-22-15-5-3-2-4-11(15)16-12(9-21)17(23-20-16)10-6-7-13(18)14(19)8-10/h2-8,21H,9H2,1H3. The van der Waals surface area contributed by atoms with E-state index in [-0.39, 0.29) is 12.4 Å². The molecule has 4 nitrogen and oxygen atoms in total. The number of aromatic nitrogens is 1. The fraction of sp³-hybridized carbons (Fsp3) is 0.118. The number of hydrogen-bond donors (Lipinski definition) is 1. The number of ether oxygens (including phenoxy) is 1. The Hall–Kier alpha value is -2.73. The normalized spacial score (nSPS) is 10.8. The Bertz CT molecular complexity index is 846. The van der Waals surface area contributed by atoms with Crippen LogP contribution in [-0.4, -0.2) is 17.4 Å². The van der Waals surface area contributed by atoms with Crippen molar-refractivity contribution in [2.75, 3.05) is 7.11 Å². The largest absolute Gasteiger partial charge is 0.496 e. The molecule has 0 aliphatic carbocycles. The molecule has 3 aromatic rings. The maximum absolute atomic E-state index is 13.4. The summed E-state index contributed by atoms with van der Waals surface area (Å²) in [6, 6.07) is 10.5. The molecule has 0 unspecified atom stereocenters. The minimum Gasteiger partial charge on any atom is -0.496 e. The van der Waals surface area contributed by atoms with E-state index in [0.29, 0.717) is 28.1 Å². The lowest BCUT2D eigenvalue weighted by atomic mass is 10.0. The van der Waals surface area contributed by atoms with Crippen LogP contribution >= 0.6 is 0 Å². The van der Waals surface area contributed by atoms with Crippen LogP contribution in [0.2, 0.25) is 0 Å². The van der Waals surface area contributed by atoms with Crippen molar-refractivity contribution in [2.24, 2.45) is 0 Å². The molecule has 0 atom stereocenters. The molecule has 1 N–H and O–H groups in total. The molecule has 3 rings (SSSR count). The van der Waals surface area contributed by atoms with Gasteiger partial charge in [-0.1, -0.05) is 17.3 Å². The van der Waals surface area contributed by atoms with Gasteiger partial charge in [-0.15, -0.1) is 0 Å². The first-order valence-corrected chi connectivity index (χ1v) is 6.84. The van der Waals surface area contributed by atoms with Crippen LogP contribution in [0.25, 0.3) is 22.6 Å². The van der Waals surface area contributed by atoms with Crippen LogP contribution < -0.4 is 4.74 Å². The van der Waals surface area contributed by atoms with Crippen LogP contribution in [0.1, 0.15) is 5.56 Å². The fourth-order valence-electron chi connectivity index (χ4n) is 2.37.